The van der Waals surface area contributed by atoms with Crippen LogP contribution in [0.25, 0.3) is 0 Å². The van der Waals surface area contributed by atoms with Crippen LogP contribution in [0, 0.1) is 5.92 Å². The number of likely N-dealkylation sites (tertiary alicyclic amines) is 1. The molecule has 0 aliphatic carbocycles. The van der Waals surface area contributed by atoms with Gasteiger partial charge in [0.1, 0.15) is 11.5 Å². The van der Waals surface area contributed by atoms with Crippen LogP contribution in [-0.4, -0.2) is 35.4 Å². The minimum Gasteiger partial charge on any atom is -0.352 e. The molecule has 1 aromatic heterocycles. The zero-order chi connectivity index (χ0) is 17.2. The van der Waals surface area contributed by atoms with Crippen molar-refractivity contribution in [1.82, 2.24) is 9.88 Å². The van der Waals surface area contributed by atoms with Crippen molar-refractivity contribution in [2.45, 2.75) is 32.7 Å². The molecular weight excluding hydrogens is 310 g/mol. The number of hydrogen-bond donors (Lipinski definition) is 0. The summed E-state index contributed by atoms with van der Waals surface area (Å²) in [5.74, 6) is 1.70. The Hall–Kier alpha value is -2.36. The van der Waals surface area contributed by atoms with Crippen LogP contribution in [0.5, 0.6) is 0 Å². The monoisotopic (exact) mass is 335 g/mol. The molecule has 1 aromatic carbocycles. The summed E-state index contributed by atoms with van der Waals surface area (Å²) in [5, 5.41) is 0. The third kappa shape index (κ3) is 3.39. The first kappa shape index (κ1) is 16.1. The molecule has 1 fully saturated rings. The molecule has 0 radical (unpaired) electrons. The molecule has 4 heteroatoms. The largest absolute Gasteiger partial charge is 0.352 e. The number of aromatic nitrogens is 1. The Balaban J connectivity index is 1.51. The van der Waals surface area contributed by atoms with Gasteiger partial charge >= 0.3 is 0 Å². The van der Waals surface area contributed by atoms with Crippen molar-refractivity contribution in [2.75, 3.05) is 24.5 Å². The Morgan fingerprint density at radius 3 is 2.56 bits per heavy atom. The maximum Gasteiger partial charge on any atom is 0.272 e. The van der Waals surface area contributed by atoms with Crippen molar-refractivity contribution < 1.29 is 4.79 Å². The molecule has 2 aliphatic rings. The number of piperidine rings is 1. The average molecular weight is 335 g/mol. The van der Waals surface area contributed by atoms with Gasteiger partial charge in [-0.3, -0.25) is 4.79 Å². The lowest BCUT2D eigenvalue weighted by atomic mass is 9.99. The lowest BCUT2D eigenvalue weighted by Crippen LogP contribution is -2.38. The molecule has 3 heterocycles. The fourth-order valence-corrected chi connectivity index (χ4v) is 3.78. The summed E-state index contributed by atoms with van der Waals surface area (Å²) < 4.78 is 0. The van der Waals surface area contributed by atoms with Crippen molar-refractivity contribution in [1.29, 1.82) is 0 Å². The Morgan fingerprint density at radius 2 is 1.76 bits per heavy atom. The molecule has 25 heavy (non-hydrogen) atoms. The van der Waals surface area contributed by atoms with Gasteiger partial charge in [0.2, 0.25) is 0 Å². The molecule has 1 saturated heterocycles. The van der Waals surface area contributed by atoms with Gasteiger partial charge in [-0.2, -0.15) is 0 Å². The van der Waals surface area contributed by atoms with E-state index in [0.717, 1.165) is 57.2 Å². The van der Waals surface area contributed by atoms with Gasteiger partial charge < -0.3 is 9.80 Å². The van der Waals surface area contributed by atoms with E-state index in [9.17, 15) is 4.79 Å². The molecule has 4 rings (SSSR count). The van der Waals surface area contributed by atoms with Crippen molar-refractivity contribution in [3.63, 3.8) is 0 Å². The molecule has 0 atom stereocenters. The molecular formula is C21H25N3O. The number of carbonyl (C=O) groups excluding carboxylic acids is 1. The van der Waals surface area contributed by atoms with Gasteiger partial charge in [0.15, 0.2) is 0 Å². The summed E-state index contributed by atoms with van der Waals surface area (Å²) in [6.07, 6.45) is 3.21. The maximum absolute atomic E-state index is 12.8. The standard InChI is InChI=1S/C21H25N3O/c1-16-9-12-23(13-10-16)21(25)19-7-4-8-20(22-19)24-14-11-17-5-2-3-6-18(17)15-24/h2-8,16H,9-15H2,1H3. The number of nitrogens with zero attached hydrogens (tertiary/aromatic N) is 3. The fraction of sp³-hybridized carbons (Fsp3) is 0.429. The summed E-state index contributed by atoms with van der Waals surface area (Å²) in [6.45, 7) is 5.77. The highest BCUT2D eigenvalue weighted by Crippen LogP contribution is 2.24. The highest BCUT2D eigenvalue weighted by molar-refractivity contribution is 5.92. The van der Waals surface area contributed by atoms with Crippen LogP contribution in [0.4, 0.5) is 5.82 Å². The summed E-state index contributed by atoms with van der Waals surface area (Å²) >= 11 is 0. The predicted octanol–water partition coefficient (Wildman–Crippen LogP) is 3.52. The Bertz CT molecular complexity index is 765. The number of hydrogen-bond acceptors (Lipinski definition) is 3. The zero-order valence-electron chi connectivity index (χ0n) is 14.8. The third-order valence-electron chi connectivity index (χ3n) is 5.48. The van der Waals surface area contributed by atoms with Crippen LogP contribution < -0.4 is 4.90 Å². The van der Waals surface area contributed by atoms with Crippen molar-refractivity contribution >= 4 is 11.7 Å². The molecule has 130 valence electrons. The van der Waals surface area contributed by atoms with E-state index in [4.69, 9.17) is 4.98 Å². The second kappa shape index (κ2) is 6.87. The Morgan fingerprint density at radius 1 is 1.00 bits per heavy atom. The molecule has 4 nitrogen and oxygen atoms in total. The van der Waals surface area contributed by atoms with Crippen molar-refractivity contribution in [3.8, 4) is 0 Å². The van der Waals surface area contributed by atoms with E-state index >= 15 is 0 Å². The molecule has 0 spiro atoms. The van der Waals surface area contributed by atoms with Crippen LogP contribution in [0.1, 0.15) is 41.4 Å². The number of carbonyl (C=O) groups is 1. The predicted molar refractivity (Wildman–Crippen MR) is 99.7 cm³/mol. The van der Waals surface area contributed by atoms with Gasteiger partial charge in [0.05, 0.1) is 0 Å². The van der Waals surface area contributed by atoms with Crippen LogP contribution >= 0.6 is 0 Å². The molecule has 2 aromatic rings. The number of benzene rings is 1. The summed E-state index contributed by atoms with van der Waals surface area (Å²) in [6, 6.07) is 14.4. The van der Waals surface area contributed by atoms with Gasteiger partial charge in [-0.25, -0.2) is 4.98 Å². The van der Waals surface area contributed by atoms with E-state index in [2.05, 4.69) is 36.1 Å². The normalized spacial score (nSPS) is 18.1. The van der Waals surface area contributed by atoms with Crippen molar-refractivity contribution in [2.24, 2.45) is 5.92 Å². The lowest BCUT2D eigenvalue weighted by Gasteiger charge is -2.31. The topological polar surface area (TPSA) is 36.4 Å². The molecule has 1 amide bonds. The second-order valence-electron chi connectivity index (χ2n) is 7.30. The quantitative estimate of drug-likeness (QED) is 0.842. The number of pyridine rings is 1. The van der Waals surface area contributed by atoms with Crippen LogP contribution in [0.15, 0.2) is 42.5 Å². The lowest BCUT2D eigenvalue weighted by molar-refractivity contribution is 0.0691. The van der Waals surface area contributed by atoms with E-state index in [1.54, 1.807) is 0 Å². The molecule has 2 aliphatic heterocycles. The number of fused-ring (bicyclic) bond motifs is 1. The molecule has 0 unspecified atom stereocenters. The SMILES string of the molecule is CC1CCN(C(=O)c2cccc(N3CCc4ccccc4C3)n2)CC1. The van der Waals surface area contributed by atoms with Crippen LogP contribution in [-0.2, 0) is 13.0 Å². The minimum absolute atomic E-state index is 0.0751. The van der Waals surface area contributed by atoms with Crippen molar-refractivity contribution in [3.05, 3.63) is 59.3 Å². The van der Waals surface area contributed by atoms with Crippen LogP contribution in [0.3, 0.4) is 0 Å². The zero-order valence-corrected chi connectivity index (χ0v) is 14.8. The Labute approximate surface area is 149 Å². The van der Waals surface area contributed by atoms with E-state index in [1.807, 2.05) is 23.1 Å². The van der Waals surface area contributed by atoms with E-state index < -0.39 is 0 Å². The van der Waals surface area contributed by atoms with Gasteiger partial charge in [-0.05, 0) is 48.4 Å². The first-order valence-electron chi connectivity index (χ1n) is 9.29. The van der Waals surface area contributed by atoms with E-state index in [-0.39, 0.29) is 5.91 Å². The molecule has 0 N–H and O–H groups in total. The summed E-state index contributed by atoms with van der Waals surface area (Å²) in [5.41, 5.74) is 3.36. The smallest absolute Gasteiger partial charge is 0.272 e. The maximum atomic E-state index is 12.8. The highest BCUT2D eigenvalue weighted by atomic mass is 16.2. The number of amides is 1. The summed E-state index contributed by atoms with van der Waals surface area (Å²) in [7, 11) is 0. The van der Waals surface area contributed by atoms with E-state index in [1.165, 1.54) is 11.1 Å². The first-order valence-corrected chi connectivity index (χ1v) is 9.29. The number of anilines is 1. The van der Waals surface area contributed by atoms with Gasteiger partial charge in [-0.15, -0.1) is 0 Å². The Kier molecular flexibility index (Phi) is 4.43. The second-order valence-corrected chi connectivity index (χ2v) is 7.30. The number of rotatable bonds is 2. The molecule has 0 saturated carbocycles. The minimum atomic E-state index is 0.0751. The van der Waals surface area contributed by atoms with Gasteiger partial charge in [0, 0.05) is 26.2 Å². The third-order valence-corrected chi connectivity index (χ3v) is 5.48. The van der Waals surface area contributed by atoms with Crippen LogP contribution in [0.2, 0.25) is 0 Å². The molecule has 0 bridgehead atoms. The highest BCUT2D eigenvalue weighted by Gasteiger charge is 2.23. The first-order chi connectivity index (χ1) is 12.2. The fourth-order valence-electron chi connectivity index (χ4n) is 3.78. The van der Waals surface area contributed by atoms with Gasteiger partial charge in [0.25, 0.3) is 5.91 Å². The van der Waals surface area contributed by atoms with Gasteiger partial charge in [-0.1, -0.05) is 37.3 Å². The van der Waals surface area contributed by atoms with E-state index in [0.29, 0.717) is 5.69 Å². The average Bonchev–Trinajstić information content (AvgIpc) is 2.68. The summed E-state index contributed by atoms with van der Waals surface area (Å²) in [4.78, 5) is 21.7.